The summed E-state index contributed by atoms with van der Waals surface area (Å²) in [6, 6.07) is 10.2. The Morgan fingerprint density at radius 2 is 1.79 bits per heavy atom. The Bertz CT molecular complexity index is 875. The van der Waals surface area contributed by atoms with Crippen molar-refractivity contribution in [3.63, 3.8) is 0 Å². The number of nitrogens with zero attached hydrogens (tertiary/aromatic N) is 1. The van der Waals surface area contributed by atoms with E-state index in [2.05, 4.69) is 30.0 Å². The number of hydrogen-bond donors (Lipinski definition) is 0. The molecule has 1 aliphatic rings. The van der Waals surface area contributed by atoms with Crippen molar-refractivity contribution in [3.8, 4) is 23.0 Å². The van der Waals surface area contributed by atoms with Crippen LogP contribution in [0.3, 0.4) is 0 Å². The molecular formula is C24H31NO4. The van der Waals surface area contributed by atoms with Crippen molar-refractivity contribution in [3.05, 3.63) is 53.1 Å². The number of ether oxygens (including phenoxy) is 4. The lowest BCUT2D eigenvalue weighted by atomic mass is 9.91. The van der Waals surface area contributed by atoms with Crippen molar-refractivity contribution in [2.75, 3.05) is 41.5 Å². The smallest absolute Gasteiger partial charge is 0.165 e. The summed E-state index contributed by atoms with van der Waals surface area (Å²) >= 11 is 0. The zero-order valence-corrected chi connectivity index (χ0v) is 18.2. The van der Waals surface area contributed by atoms with Crippen LogP contribution in [0.2, 0.25) is 0 Å². The molecule has 5 nitrogen and oxygen atoms in total. The van der Waals surface area contributed by atoms with Gasteiger partial charge in [-0.25, -0.2) is 0 Å². The van der Waals surface area contributed by atoms with Crippen LogP contribution in [0.15, 0.2) is 36.4 Å². The van der Waals surface area contributed by atoms with Gasteiger partial charge in [0.2, 0.25) is 0 Å². The quantitative estimate of drug-likeness (QED) is 0.633. The molecule has 0 radical (unpaired) electrons. The van der Waals surface area contributed by atoms with E-state index >= 15 is 0 Å². The van der Waals surface area contributed by atoms with Gasteiger partial charge in [0.15, 0.2) is 23.0 Å². The molecule has 0 amide bonds. The summed E-state index contributed by atoms with van der Waals surface area (Å²) in [4.78, 5) is 2.08. The van der Waals surface area contributed by atoms with Crippen LogP contribution >= 0.6 is 0 Å². The molecule has 0 N–H and O–H groups in total. The summed E-state index contributed by atoms with van der Waals surface area (Å²) in [6.45, 7) is 5.65. The fraction of sp³-hybridized carbons (Fsp3) is 0.417. The van der Waals surface area contributed by atoms with Gasteiger partial charge >= 0.3 is 0 Å². The molecule has 2 aromatic carbocycles. The van der Waals surface area contributed by atoms with Crippen LogP contribution in [0.25, 0.3) is 6.08 Å². The number of hydrogen-bond acceptors (Lipinski definition) is 5. The summed E-state index contributed by atoms with van der Waals surface area (Å²) in [5, 5.41) is 0. The van der Waals surface area contributed by atoms with Crippen molar-refractivity contribution < 1.29 is 18.9 Å². The van der Waals surface area contributed by atoms with Gasteiger partial charge in [-0.15, -0.1) is 0 Å². The monoisotopic (exact) mass is 397 g/mol. The van der Waals surface area contributed by atoms with Crippen molar-refractivity contribution >= 4 is 6.08 Å². The zero-order chi connectivity index (χ0) is 21.0. The van der Waals surface area contributed by atoms with Crippen LogP contribution in [-0.4, -0.2) is 46.4 Å². The van der Waals surface area contributed by atoms with Gasteiger partial charge in [0, 0.05) is 18.0 Å². The van der Waals surface area contributed by atoms with E-state index in [1.54, 1.807) is 14.2 Å². The Labute approximate surface area is 173 Å². The second kappa shape index (κ2) is 9.23. The molecule has 0 fully saturated rings. The Kier molecular flexibility index (Phi) is 6.70. The fourth-order valence-corrected chi connectivity index (χ4v) is 3.62. The number of methoxy groups -OCH3 is 2. The van der Waals surface area contributed by atoms with E-state index in [4.69, 9.17) is 18.9 Å². The highest BCUT2D eigenvalue weighted by Crippen LogP contribution is 2.51. The molecular weight excluding hydrogens is 366 g/mol. The number of allylic oxidation sites excluding steroid dienone is 1. The zero-order valence-electron chi connectivity index (χ0n) is 18.2. The number of benzene rings is 2. The van der Waals surface area contributed by atoms with Crippen LogP contribution in [-0.2, 0) is 0 Å². The van der Waals surface area contributed by atoms with E-state index in [1.807, 2.05) is 45.3 Å². The van der Waals surface area contributed by atoms with Crippen molar-refractivity contribution in [2.24, 2.45) is 0 Å². The Balaban J connectivity index is 1.87. The van der Waals surface area contributed by atoms with Gasteiger partial charge in [0.05, 0.1) is 14.2 Å². The minimum Gasteiger partial charge on any atom is -0.493 e. The largest absolute Gasteiger partial charge is 0.493 e. The van der Waals surface area contributed by atoms with Gasteiger partial charge < -0.3 is 23.8 Å². The highest BCUT2D eigenvalue weighted by atomic mass is 16.5. The van der Waals surface area contributed by atoms with Gasteiger partial charge in [0.1, 0.15) is 12.7 Å². The summed E-state index contributed by atoms with van der Waals surface area (Å²) in [6.07, 6.45) is 3.99. The first kappa shape index (κ1) is 21.1. The minimum absolute atomic E-state index is 0.107. The molecule has 1 heterocycles. The molecule has 2 aromatic rings. The molecule has 156 valence electrons. The predicted molar refractivity (Wildman–Crippen MR) is 117 cm³/mol. The average molecular weight is 398 g/mol. The number of fused-ring (bicyclic) bond motifs is 1. The molecule has 3 rings (SSSR count). The third-order valence-electron chi connectivity index (χ3n) is 5.19. The summed E-state index contributed by atoms with van der Waals surface area (Å²) < 4.78 is 23.4. The van der Waals surface area contributed by atoms with E-state index in [0.29, 0.717) is 6.61 Å². The molecule has 0 spiro atoms. The maximum Gasteiger partial charge on any atom is 0.165 e. The summed E-state index contributed by atoms with van der Waals surface area (Å²) in [7, 11) is 7.39. The maximum atomic E-state index is 6.36. The molecule has 0 unspecified atom stereocenters. The molecule has 5 heteroatoms. The summed E-state index contributed by atoms with van der Waals surface area (Å²) in [5.41, 5.74) is 3.33. The lowest BCUT2D eigenvalue weighted by Gasteiger charge is -2.19. The first-order valence-corrected chi connectivity index (χ1v) is 9.95. The van der Waals surface area contributed by atoms with E-state index in [0.717, 1.165) is 46.2 Å². The standard InChI is InChI=1S/C24H31NO4/c1-7-8-17-13-19-16(2)23(29-24(19)22(14-17)27-6)18-9-10-20(21(15-18)26-5)28-12-11-25(3)4/h7-10,13-16,23H,11-12H2,1-6H3/t16-,23-/m0/s1. The second-order valence-electron chi connectivity index (χ2n) is 7.53. The fourth-order valence-electron chi connectivity index (χ4n) is 3.62. The maximum absolute atomic E-state index is 6.36. The molecule has 1 aliphatic heterocycles. The van der Waals surface area contributed by atoms with Crippen LogP contribution in [0, 0.1) is 0 Å². The second-order valence-corrected chi connectivity index (χ2v) is 7.53. The molecule has 29 heavy (non-hydrogen) atoms. The van der Waals surface area contributed by atoms with E-state index in [1.165, 1.54) is 0 Å². The van der Waals surface area contributed by atoms with Crippen LogP contribution in [0.4, 0.5) is 0 Å². The van der Waals surface area contributed by atoms with E-state index < -0.39 is 0 Å². The minimum atomic E-state index is -0.107. The number of likely N-dealkylation sites (N-methyl/N-ethyl adjacent to an activating group) is 1. The third-order valence-corrected chi connectivity index (χ3v) is 5.19. The average Bonchev–Trinajstić information content (AvgIpc) is 3.04. The van der Waals surface area contributed by atoms with Crippen LogP contribution in [0.5, 0.6) is 23.0 Å². The first-order chi connectivity index (χ1) is 14.0. The highest BCUT2D eigenvalue weighted by molar-refractivity contribution is 5.62. The molecule has 0 aliphatic carbocycles. The Morgan fingerprint density at radius 3 is 2.45 bits per heavy atom. The SMILES string of the molecule is CC=Cc1cc(OC)c2c(c1)[C@H](C)[C@@H](c1ccc(OCCN(C)C)c(OC)c1)O2. The van der Waals surface area contributed by atoms with Gasteiger partial charge in [-0.05, 0) is 56.4 Å². The van der Waals surface area contributed by atoms with Gasteiger partial charge in [-0.1, -0.05) is 25.1 Å². The molecule has 0 bridgehead atoms. The normalized spacial score (nSPS) is 18.0. The predicted octanol–water partition coefficient (Wildman–Crippen LogP) is 4.91. The van der Waals surface area contributed by atoms with E-state index in [-0.39, 0.29) is 12.0 Å². The highest BCUT2D eigenvalue weighted by Gasteiger charge is 2.35. The Hall–Kier alpha value is -2.66. The van der Waals surface area contributed by atoms with Gasteiger partial charge in [-0.2, -0.15) is 0 Å². The van der Waals surface area contributed by atoms with Crippen molar-refractivity contribution in [1.82, 2.24) is 4.90 Å². The molecule has 2 atom stereocenters. The van der Waals surface area contributed by atoms with Crippen LogP contribution < -0.4 is 18.9 Å². The number of rotatable bonds is 8. The first-order valence-electron chi connectivity index (χ1n) is 9.95. The third kappa shape index (κ3) is 4.51. The van der Waals surface area contributed by atoms with Crippen molar-refractivity contribution in [1.29, 1.82) is 0 Å². The lowest BCUT2D eigenvalue weighted by molar-refractivity contribution is 0.207. The van der Waals surface area contributed by atoms with E-state index in [9.17, 15) is 0 Å². The van der Waals surface area contributed by atoms with Gasteiger partial charge in [0.25, 0.3) is 0 Å². The molecule has 0 saturated heterocycles. The molecule has 0 aromatic heterocycles. The Morgan fingerprint density at radius 1 is 1.03 bits per heavy atom. The van der Waals surface area contributed by atoms with Crippen LogP contribution in [0.1, 0.15) is 42.6 Å². The topological polar surface area (TPSA) is 40.2 Å². The summed E-state index contributed by atoms with van der Waals surface area (Å²) in [5.74, 6) is 3.24. The lowest BCUT2D eigenvalue weighted by Crippen LogP contribution is -2.19. The van der Waals surface area contributed by atoms with Crippen molar-refractivity contribution in [2.45, 2.75) is 25.9 Å². The van der Waals surface area contributed by atoms with Gasteiger partial charge in [-0.3, -0.25) is 0 Å². The molecule has 0 saturated carbocycles.